The number of rotatable bonds is 6. The lowest BCUT2D eigenvalue weighted by atomic mass is 10.2. The molecule has 1 aromatic heterocycles. The van der Waals surface area contributed by atoms with Crippen molar-refractivity contribution in [2.45, 2.75) is 26.7 Å². The molecule has 0 radical (unpaired) electrons. The third kappa shape index (κ3) is 7.59. The monoisotopic (exact) mass is 414 g/mol. The Morgan fingerprint density at radius 1 is 1.07 bits per heavy atom. The van der Waals surface area contributed by atoms with Crippen LogP contribution >= 0.6 is 12.2 Å². The Hall–Kier alpha value is -3.46. The lowest BCUT2D eigenvalue weighted by molar-refractivity contribution is -0.116. The van der Waals surface area contributed by atoms with E-state index >= 15 is 0 Å². The second-order valence-corrected chi connectivity index (χ2v) is 6.46. The Morgan fingerprint density at radius 3 is 2.41 bits per heavy atom. The molecule has 1 heterocycles. The average molecular weight is 414 g/mol. The van der Waals surface area contributed by atoms with Gasteiger partial charge in [0.2, 0.25) is 11.8 Å². The summed E-state index contributed by atoms with van der Waals surface area (Å²) in [6.07, 6.45) is 3.96. The molecule has 0 aliphatic carbocycles. The molecule has 8 nitrogen and oxygen atoms in total. The van der Waals surface area contributed by atoms with Gasteiger partial charge in [0.15, 0.2) is 5.11 Å². The molecular weight excluding hydrogens is 392 g/mol. The molecule has 0 spiro atoms. The Kier molecular flexibility index (Phi) is 8.11. The number of carbonyl (C=O) groups excluding carboxylic acids is 3. The fraction of sp³-hybridized carbons (Fsp3) is 0.200. The molecule has 0 fully saturated rings. The van der Waals surface area contributed by atoms with E-state index in [2.05, 4.69) is 21.5 Å². The molecule has 2 aromatic rings. The molecule has 0 bridgehead atoms. The first-order valence-electron chi connectivity index (χ1n) is 8.93. The highest BCUT2D eigenvalue weighted by molar-refractivity contribution is 7.80. The number of benzene rings is 1. The van der Waals surface area contributed by atoms with Gasteiger partial charge in [-0.2, -0.15) is 0 Å². The number of nitrogens with one attached hydrogen (secondary N) is 4. The van der Waals surface area contributed by atoms with Gasteiger partial charge in [-0.05, 0) is 68.0 Å². The Morgan fingerprint density at radius 2 is 1.79 bits per heavy atom. The smallest absolute Gasteiger partial charge is 0.269 e. The summed E-state index contributed by atoms with van der Waals surface area (Å²) in [4.78, 5) is 35.5. The first kappa shape index (κ1) is 21.8. The third-order valence-electron chi connectivity index (χ3n) is 3.59. The summed E-state index contributed by atoms with van der Waals surface area (Å²) in [6, 6.07) is 9.90. The van der Waals surface area contributed by atoms with Crippen LogP contribution in [0.5, 0.6) is 0 Å². The highest BCUT2D eigenvalue weighted by Crippen LogP contribution is 2.10. The van der Waals surface area contributed by atoms with Gasteiger partial charge in [0.05, 0.1) is 0 Å². The molecule has 0 saturated carbocycles. The number of aryl methyl sites for hydroxylation is 1. The second-order valence-electron chi connectivity index (χ2n) is 6.05. The number of hydrazine groups is 1. The minimum atomic E-state index is -0.474. The topological polar surface area (TPSA) is 112 Å². The Balaban J connectivity index is 1.77. The van der Waals surface area contributed by atoms with Crippen LogP contribution in [0.1, 0.15) is 41.6 Å². The van der Waals surface area contributed by atoms with E-state index in [1.165, 1.54) is 12.2 Å². The summed E-state index contributed by atoms with van der Waals surface area (Å²) in [5.74, 6) is 0.275. The van der Waals surface area contributed by atoms with Crippen molar-refractivity contribution in [3.8, 4) is 0 Å². The van der Waals surface area contributed by atoms with Crippen molar-refractivity contribution < 1.29 is 18.8 Å². The maximum atomic E-state index is 12.1. The van der Waals surface area contributed by atoms with E-state index in [-0.39, 0.29) is 11.0 Å². The molecule has 3 amide bonds. The summed E-state index contributed by atoms with van der Waals surface area (Å²) in [6.45, 7) is 3.72. The van der Waals surface area contributed by atoms with Crippen molar-refractivity contribution in [2.75, 3.05) is 5.32 Å². The molecule has 0 atom stereocenters. The summed E-state index contributed by atoms with van der Waals surface area (Å²) in [5, 5.41) is 5.07. The first-order valence-corrected chi connectivity index (χ1v) is 9.34. The van der Waals surface area contributed by atoms with Gasteiger partial charge in [-0.3, -0.25) is 30.6 Å². The van der Waals surface area contributed by atoms with Crippen LogP contribution in [0, 0.1) is 6.92 Å². The van der Waals surface area contributed by atoms with Crippen LogP contribution in [-0.4, -0.2) is 22.8 Å². The zero-order valence-electron chi connectivity index (χ0n) is 16.1. The largest absolute Gasteiger partial charge is 0.462 e. The predicted molar refractivity (Wildman–Crippen MR) is 114 cm³/mol. The van der Waals surface area contributed by atoms with Crippen LogP contribution in [0.4, 0.5) is 5.69 Å². The molecule has 0 unspecified atom stereocenters. The molecule has 9 heteroatoms. The molecule has 0 saturated heterocycles. The minimum Gasteiger partial charge on any atom is -0.462 e. The Labute approximate surface area is 173 Å². The average Bonchev–Trinajstić information content (AvgIpc) is 3.10. The summed E-state index contributed by atoms with van der Waals surface area (Å²) >= 11 is 4.96. The van der Waals surface area contributed by atoms with Gasteiger partial charge in [-0.1, -0.05) is 6.92 Å². The van der Waals surface area contributed by atoms with Crippen LogP contribution in [0.3, 0.4) is 0 Å². The fourth-order valence-electron chi connectivity index (χ4n) is 2.23. The number of carbonyl (C=O) groups is 3. The number of hydrogen-bond acceptors (Lipinski definition) is 5. The number of anilines is 1. The van der Waals surface area contributed by atoms with Crippen molar-refractivity contribution in [3.05, 3.63) is 59.6 Å². The summed E-state index contributed by atoms with van der Waals surface area (Å²) < 4.78 is 5.31. The summed E-state index contributed by atoms with van der Waals surface area (Å²) in [7, 11) is 0. The zero-order valence-corrected chi connectivity index (χ0v) is 16.9. The molecule has 0 aliphatic rings. The fourth-order valence-corrected chi connectivity index (χ4v) is 2.38. The maximum Gasteiger partial charge on any atom is 0.269 e. The Bertz CT molecular complexity index is 919. The van der Waals surface area contributed by atoms with Gasteiger partial charge in [0.1, 0.15) is 11.5 Å². The minimum absolute atomic E-state index is 0.0629. The number of hydrogen-bond donors (Lipinski definition) is 4. The quantitative estimate of drug-likeness (QED) is 0.328. The van der Waals surface area contributed by atoms with Crippen LogP contribution in [0.2, 0.25) is 0 Å². The lowest BCUT2D eigenvalue weighted by Gasteiger charge is -2.10. The normalized spacial score (nSPS) is 10.4. The maximum absolute atomic E-state index is 12.1. The SMILES string of the molecule is CCCC(=O)Nc1ccc(C(=O)NNC(=S)NC(=O)/C=C/c2ccc(C)o2)cc1. The van der Waals surface area contributed by atoms with E-state index in [1.807, 2.05) is 6.92 Å². The van der Waals surface area contributed by atoms with Crippen molar-refractivity contribution in [1.29, 1.82) is 0 Å². The van der Waals surface area contributed by atoms with Crippen LogP contribution < -0.4 is 21.5 Å². The van der Waals surface area contributed by atoms with E-state index in [9.17, 15) is 14.4 Å². The van der Waals surface area contributed by atoms with Gasteiger partial charge >= 0.3 is 0 Å². The van der Waals surface area contributed by atoms with Crippen molar-refractivity contribution in [3.63, 3.8) is 0 Å². The van der Waals surface area contributed by atoms with Crippen LogP contribution in [0.15, 0.2) is 46.9 Å². The third-order valence-corrected chi connectivity index (χ3v) is 3.80. The second kappa shape index (κ2) is 10.8. The zero-order chi connectivity index (χ0) is 21.2. The van der Waals surface area contributed by atoms with E-state index < -0.39 is 11.8 Å². The van der Waals surface area contributed by atoms with Gasteiger partial charge < -0.3 is 9.73 Å². The number of furan rings is 1. The highest BCUT2D eigenvalue weighted by Gasteiger charge is 2.08. The highest BCUT2D eigenvalue weighted by atomic mass is 32.1. The van der Waals surface area contributed by atoms with E-state index in [0.717, 1.165) is 12.2 Å². The molecule has 0 aliphatic heterocycles. The predicted octanol–water partition coefficient (Wildman–Crippen LogP) is 2.68. The molecule has 152 valence electrons. The molecule has 1 aromatic carbocycles. The number of thiocarbonyl (C=S) groups is 1. The number of amides is 3. The van der Waals surface area contributed by atoms with Crippen LogP contribution in [0.25, 0.3) is 6.08 Å². The molecule has 2 rings (SSSR count). The van der Waals surface area contributed by atoms with Crippen LogP contribution in [-0.2, 0) is 9.59 Å². The van der Waals surface area contributed by atoms with Gasteiger partial charge in [-0.25, -0.2) is 0 Å². The van der Waals surface area contributed by atoms with Gasteiger partial charge in [0.25, 0.3) is 5.91 Å². The van der Waals surface area contributed by atoms with Crippen molar-refractivity contribution in [1.82, 2.24) is 16.2 Å². The standard InChI is InChI=1S/C20H22N4O4S/c1-3-4-17(25)21-15-8-6-14(7-9-15)19(27)23-24-20(29)22-18(26)12-11-16-10-5-13(2)28-16/h5-12H,3-4H2,1-2H3,(H,21,25)(H,23,27)(H2,22,24,26,29)/b12-11+. The first-order chi connectivity index (χ1) is 13.9. The lowest BCUT2D eigenvalue weighted by Crippen LogP contribution is -2.48. The van der Waals surface area contributed by atoms with Crippen molar-refractivity contribution in [2.24, 2.45) is 0 Å². The van der Waals surface area contributed by atoms with Crippen molar-refractivity contribution >= 4 is 46.8 Å². The van der Waals surface area contributed by atoms with Gasteiger partial charge in [-0.15, -0.1) is 0 Å². The van der Waals surface area contributed by atoms with Gasteiger partial charge in [0, 0.05) is 23.7 Å². The molecule has 29 heavy (non-hydrogen) atoms. The molecule has 4 N–H and O–H groups in total. The summed E-state index contributed by atoms with van der Waals surface area (Å²) in [5.41, 5.74) is 5.80. The molecular formula is C20H22N4O4S. The van der Waals surface area contributed by atoms with E-state index in [4.69, 9.17) is 16.6 Å². The van der Waals surface area contributed by atoms with E-state index in [0.29, 0.717) is 23.4 Å². The van der Waals surface area contributed by atoms with E-state index in [1.54, 1.807) is 43.3 Å².